The Labute approximate surface area is 105 Å². The minimum absolute atomic E-state index is 0.152. The molecule has 0 atom stereocenters. The summed E-state index contributed by atoms with van der Waals surface area (Å²) in [6, 6.07) is 9.28. The van der Waals surface area contributed by atoms with Crippen molar-refractivity contribution < 1.29 is 14.6 Å². The summed E-state index contributed by atoms with van der Waals surface area (Å²) in [7, 11) is 0. The Balaban J connectivity index is 2.08. The Hall–Kier alpha value is -2.23. The molecule has 0 heterocycles. The summed E-state index contributed by atoms with van der Waals surface area (Å²) >= 11 is 0. The molecule has 2 aromatic carbocycles. The van der Waals surface area contributed by atoms with Crippen LogP contribution >= 0.6 is 0 Å². The van der Waals surface area contributed by atoms with Crippen LogP contribution in [0, 0.1) is 12.7 Å². The van der Waals surface area contributed by atoms with E-state index in [4.69, 9.17) is 0 Å². The third-order valence-corrected chi connectivity index (χ3v) is 2.58. The summed E-state index contributed by atoms with van der Waals surface area (Å²) in [5, 5.41) is 21.6. The largest absolute Gasteiger partial charge is 0.504 e. The molecule has 0 spiro atoms. The van der Waals surface area contributed by atoms with Gasteiger partial charge in [-0.2, -0.15) is 0 Å². The van der Waals surface area contributed by atoms with Crippen LogP contribution < -0.4 is 5.32 Å². The van der Waals surface area contributed by atoms with E-state index in [1.807, 2.05) is 13.0 Å². The lowest BCUT2D eigenvalue weighted by Crippen LogP contribution is -2.00. The van der Waals surface area contributed by atoms with Crippen LogP contribution in [-0.2, 0) is 6.54 Å². The third-order valence-electron chi connectivity index (χ3n) is 2.58. The molecule has 4 heteroatoms. The first-order valence-electron chi connectivity index (χ1n) is 5.56. The van der Waals surface area contributed by atoms with Gasteiger partial charge in [0.15, 0.2) is 11.5 Å². The predicted octanol–water partition coefficient (Wildman–Crippen LogP) is 3.16. The molecule has 0 saturated carbocycles. The molecular weight excluding hydrogens is 233 g/mol. The molecule has 94 valence electrons. The summed E-state index contributed by atoms with van der Waals surface area (Å²) in [6.07, 6.45) is 0. The SMILES string of the molecule is Cc1cc(F)cc(NCc2ccc(O)c(O)c2)c1. The van der Waals surface area contributed by atoms with Gasteiger partial charge >= 0.3 is 0 Å². The highest BCUT2D eigenvalue weighted by Gasteiger charge is 2.02. The Bertz CT molecular complexity index is 549. The molecule has 2 aromatic rings. The molecule has 0 aromatic heterocycles. The van der Waals surface area contributed by atoms with Gasteiger partial charge < -0.3 is 15.5 Å². The summed E-state index contributed by atoms with van der Waals surface area (Å²) in [4.78, 5) is 0. The van der Waals surface area contributed by atoms with E-state index in [2.05, 4.69) is 5.32 Å². The Morgan fingerprint density at radius 2 is 1.83 bits per heavy atom. The van der Waals surface area contributed by atoms with Gasteiger partial charge in [-0.15, -0.1) is 0 Å². The maximum atomic E-state index is 13.2. The maximum absolute atomic E-state index is 13.2. The predicted molar refractivity (Wildman–Crippen MR) is 68.2 cm³/mol. The van der Waals surface area contributed by atoms with Crippen molar-refractivity contribution >= 4 is 5.69 Å². The fourth-order valence-corrected chi connectivity index (χ4v) is 1.72. The van der Waals surface area contributed by atoms with Crippen molar-refractivity contribution in [1.82, 2.24) is 0 Å². The highest BCUT2D eigenvalue weighted by atomic mass is 19.1. The first-order chi connectivity index (χ1) is 8.54. The number of halogens is 1. The van der Waals surface area contributed by atoms with Crippen molar-refractivity contribution in [2.45, 2.75) is 13.5 Å². The molecule has 0 saturated heterocycles. The fraction of sp³-hybridized carbons (Fsp3) is 0.143. The minimum atomic E-state index is -0.286. The van der Waals surface area contributed by atoms with Crippen molar-refractivity contribution in [2.75, 3.05) is 5.32 Å². The molecule has 0 fully saturated rings. The maximum Gasteiger partial charge on any atom is 0.157 e. The van der Waals surface area contributed by atoms with Gasteiger partial charge in [0.1, 0.15) is 5.82 Å². The molecule has 0 aliphatic carbocycles. The van der Waals surface area contributed by atoms with Crippen LogP contribution in [0.3, 0.4) is 0 Å². The van der Waals surface area contributed by atoms with E-state index in [9.17, 15) is 14.6 Å². The lowest BCUT2D eigenvalue weighted by Gasteiger charge is -2.08. The Kier molecular flexibility index (Phi) is 3.37. The van der Waals surface area contributed by atoms with Gasteiger partial charge in [-0.1, -0.05) is 6.07 Å². The number of hydrogen-bond acceptors (Lipinski definition) is 3. The van der Waals surface area contributed by atoms with E-state index in [-0.39, 0.29) is 17.3 Å². The first-order valence-corrected chi connectivity index (χ1v) is 5.56. The van der Waals surface area contributed by atoms with E-state index in [1.54, 1.807) is 6.07 Å². The van der Waals surface area contributed by atoms with Gasteiger partial charge in [0.05, 0.1) is 0 Å². The number of phenolic OH excluding ortho intramolecular Hbond substituents is 2. The third kappa shape index (κ3) is 2.91. The van der Waals surface area contributed by atoms with Crippen molar-refractivity contribution in [1.29, 1.82) is 0 Å². The van der Waals surface area contributed by atoms with Crippen LogP contribution in [0.15, 0.2) is 36.4 Å². The van der Waals surface area contributed by atoms with E-state index in [0.717, 1.165) is 11.1 Å². The van der Waals surface area contributed by atoms with Crippen molar-refractivity contribution in [3.8, 4) is 11.5 Å². The highest BCUT2D eigenvalue weighted by molar-refractivity contribution is 5.47. The Morgan fingerprint density at radius 1 is 1.06 bits per heavy atom. The normalized spacial score (nSPS) is 10.3. The molecule has 18 heavy (non-hydrogen) atoms. The summed E-state index contributed by atoms with van der Waals surface area (Å²) in [6.45, 7) is 2.26. The molecule has 0 aliphatic heterocycles. The van der Waals surface area contributed by atoms with Crippen molar-refractivity contribution in [2.24, 2.45) is 0 Å². The summed E-state index contributed by atoms with van der Waals surface area (Å²) in [5.41, 5.74) is 2.32. The lowest BCUT2D eigenvalue weighted by atomic mass is 10.2. The number of hydrogen-bond donors (Lipinski definition) is 3. The molecule has 0 amide bonds. The summed E-state index contributed by atoms with van der Waals surface area (Å²) < 4.78 is 13.2. The zero-order chi connectivity index (χ0) is 13.1. The van der Waals surface area contributed by atoms with Gasteiger partial charge in [-0.05, 0) is 48.4 Å². The van der Waals surface area contributed by atoms with Crippen LogP contribution in [0.4, 0.5) is 10.1 Å². The second-order valence-electron chi connectivity index (χ2n) is 4.19. The van der Waals surface area contributed by atoms with Gasteiger partial charge in [-0.25, -0.2) is 4.39 Å². The van der Waals surface area contributed by atoms with Crippen LogP contribution in [0.25, 0.3) is 0 Å². The highest BCUT2D eigenvalue weighted by Crippen LogP contribution is 2.25. The molecule has 3 N–H and O–H groups in total. The van der Waals surface area contributed by atoms with E-state index in [0.29, 0.717) is 12.2 Å². The molecule has 2 rings (SSSR count). The first kappa shape index (κ1) is 12.2. The van der Waals surface area contributed by atoms with Crippen LogP contribution in [-0.4, -0.2) is 10.2 Å². The van der Waals surface area contributed by atoms with E-state index >= 15 is 0 Å². The van der Waals surface area contributed by atoms with Gasteiger partial charge in [0, 0.05) is 12.2 Å². The minimum Gasteiger partial charge on any atom is -0.504 e. The van der Waals surface area contributed by atoms with E-state index < -0.39 is 0 Å². The smallest absolute Gasteiger partial charge is 0.157 e. The molecule has 3 nitrogen and oxygen atoms in total. The zero-order valence-electron chi connectivity index (χ0n) is 9.94. The number of aromatic hydroxyl groups is 2. The number of phenols is 2. The average Bonchev–Trinajstić information content (AvgIpc) is 2.29. The van der Waals surface area contributed by atoms with Gasteiger partial charge in [0.25, 0.3) is 0 Å². The molecule has 0 radical (unpaired) electrons. The standard InChI is InChI=1S/C14H14FNO2/c1-9-4-11(15)7-12(5-9)16-8-10-2-3-13(17)14(18)6-10/h2-7,16-18H,8H2,1H3. The molecule has 0 unspecified atom stereocenters. The van der Waals surface area contributed by atoms with Crippen LogP contribution in [0.1, 0.15) is 11.1 Å². The number of nitrogens with one attached hydrogen (secondary N) is 1. The lowest BCUT2D eigenvalue weighted by molar-refractivity contribution is 0.403. The Morgan fingerprint density at radius 3 is 2.50 bits per heavy atom. The number of benzene rings is 2. The van der Waals surface area contributed by atoms with Crippen LogP contribution in [0.2, 0.25) is 0 Å². The van der Waals surface area contributed by atoms with E-state index in [1.165, 1.54) is 24.3 Å². The van der Waals surface area contributed by atoms with Gasteiger partial charge in [0.2, 0.25) is 0 Å². The number of rotatable bonds is 3. The van der Waals surface area contributed by atoms with Crippen molar-refractivity contribution in [3.05, 3.63) is 53.3 Å². The number of aryl methyl sites for hydroxylation is 1. The fourth-order valence-electron chi connectivity index (χ4n) is 1.72. The number of anilines is 1. The van der Waals surface area contributed by atoms with Gasteiger partial charge in [-0.3, -0.25) is 0 Å². The summed E-state index contributed by atoms with van der Waals surface area (Å²) in [5.74, 6) is -0.601. The topological polar surface area (TPSA) is 52.5 Å². The average molecular weight is 247 g/mol. The van der Waals surface area contributed by atoms with Crippen LogP contribution in [0.5, 0.6) is 11.5 Å². The molecule has 0 aliphatic rings. The second kappa shape index (κ2) is 4.96. The van der Waals surface area contributed by atoms with Crippen molar-refractivity contribution in [3.63, 3.8) is 0 Å². The zero-order valence-corrected chi connectivity index (χ0v) is 9.94. The second-order valence-corrected chi connectivity index (χ2v) is 4.19. The quantitative estimate of drug-likeness (QED) is 0.730. The molecule has 0 bridgehead atoms. The molecular formula is C14H14FNO2. The monoisotopic (exact) mass is 247 g/mol.